The Morgan fingerprint density at radius 3 is 2.65 bits per heavy atom. The summed E-state index contributed by atoms with van der Waals surface area (Å²) in [5.74, 6) is 1.34. The van der Waals surface area contributed by atoms with Crippen LogP contribution in [0.25, 0.3) is 0 Å². The lowest BCUT2D eigenvalue weighted by atomic mass is 10.1. The number of hydrogen-bond donors (Lipinski definition) is 1. The predicted octanol–water partition coefficient (Wildman–Crippen LogP) is 2.02. The third-order valence-corrected chi connectivity index (χ3v) is 3.07. The summed E-state index contributed by atoms with van der Waals surface area (Å²) in [7, 11) is 3.21. The highest BCUT2D eigenvalue weighted by atomic mass is 35.5. The largest absolute Gasteiger partial charge is 0.496 e. The van der Waals surface area contributed by atoms with Gasteiger partial charge in [0.2, 0.25) is 0 Å². The SMILES string of the molecule is COc1cc(OC)c(C2CNCCO2)cc1Cl. The molecule has 17 heavy (non-hydrogen) atoms. The van der Waals surface area contributed by atoms with Crippen molar-refractivity contribution in [2.24, 2.45) is 0 Å². The van der Waals surface area contributed by atoms with E-state index in [9.17, 15) is 0 Å². The average Bonchev–Trinajstić information content (AvgIpc) is 2.39. The molecule has 1 heterocycles. The summed E-state index contributed by atoms with van der Waals surface area (Å²) in [6.45, 7) is 2.33. The highest BCUT2D eigenvalue weighted by Crippen LogP contribution is 2.36. The molecule has 0 spiro atoms. The number of ether oxygens (including phenoxy) is 3. The molecule has 1 aromatic rings. The number of methoxy groups -OCH3 is 2. The van der Waals surface area contributed by atoms with Gasteiger partial charge in [-0.15, -0.1) is 0 Å². The Hall–Kier alpha value is -0.970. The molecular formula is C12H16ClNO3. The number of rotatable bonds is 3. The maximum Gasteiger partial charge on any atom is 0.141 e. The molecule has 0 saturated carbocycles. The van der Waals surface area contributed by atoms with Gasteiger partial charge in [0.05, 0.1) is 32.0 Å². The lowest BCUT2D eigenvalue weighted by Gasteiger charge is -2.25. The molecule has 1 aromatic carbocycles. The van der Waals surface area contributed by atoms with E-state index in [0.717, 1.165) is 24.4 Å². The summed E-state index contributed by atoms with van der Waals surface area (Å²) in [5.41, 5.74) is 0.950. The molecule has 94 valence electrons. The summed E-state index contributed by atoms with van der Waals surface area (Å²) >= 11 is 6.12. The van der Waals surface area contributed by atoms with Crippen LogP contribution in [0, 0.1) is 0 Å². The highest BCUT2D eigenvalue weighted by molar-refractivity contribution is 6.32. The molecule has 2 rings (SSSR count). The molecule has 1 aliphatic heterocycles. The Morgan fingerprint density at radius 1 is 1.29 bits per heavy atom. The number of morpholine rings is 1. The molecule has 5 heteroatoms. The zero-order chi connectivity index (χ0) is 12.3. The van der Waals surface area contributed by atoms with E-state index in [4.69, 9.17) is 25.8 Å². The quantitative estimate of drug-likeness (QED) is 0.899. The van der Waals surface area contributed by atoms with Crippen LogP contribution in [0.2, 0.25) is 5.02 Å². The van der Waals surface area contributed by atoms with Crippen LogP contribution in [-0.2, 0) is 4.74 Å². The molecule has 0 bridgehead atoms. The monoisotopic (exact) mass is 257 g/mol. The Kier molecular flexibility index (Phi) is 4.10. The molecule has 1 aliphatic rings. The van der Waals surface area contributed by atoms with Gasteiger partial charge in [0, 0.05) is 24.7 Å². The van der Waals surface area contributed by atoms with Crippen molar-refractivity contribution < 1.29 is 14.2 Å². The van der Waals surface area contributed by atoms with Crippen LogP contribution in [0.4, 0.5) is 0 Å². The van der Waals surface area contributed by atoms with Crippen molar-refractivity contribution in [1.82, 2.24) is 5.32 Å². The maximum atomic E-state index is 6.12. The van der Waals surface area contributed by atoms with Gasteiger partial charge in [0.1, 0.15) is 11.5 Å². The second-order valence-corrected chi connectivity index (χ2v) is 4.20. The summed E-state index contributed by atoms with van der Waals surface area (Å²) in [5, 5.41) is 3.84. The Bertz CT molecular complexity index is 392. The standard InChI is InChI=1S/C12H16ClNO3/c1-15-10-6-11(16-2)9(13)5-8(10)12-7-14-3-4-17-12/h5-6,12,14H,3-4,7H2,1-2H3. The minimum absolute atomic E-state index is 0.0258. The Morgan fingerprint density at radius 2 is 2.06 bits per heavy atom. The predicted molar refractivity (Wildman–Crippen MR) is 66.1 cm³/mol. The van der Waals surface area contributed by atoms with Gasteiger partial charge in [-0.2, -0.15) is 0 Å². The van der Waals surface area contributed by atoms with Crippen molar-refractivity contribution in [2.75, 3.05) is 33.9 Å². The number of halogens is 1. The highest BCUT2D eigenvalue weighted by Gasteiger charge is 2.21. The third kappa shape index (κ3) is 2.65. The zero-order valence-electron chi connectivity index (χ0n) is 9.96. The van der Waals surface area contributed by atoms with Crippen molar-refractivity contribution in [2.45, 2.75) is 6.10 Å². The van der Waals surface area contributed by atoms with Crippen LogP contribution in [0.5, 0.6) is 11.5 Å². The van der Waals surface area contributed by atoms with E-state index in [1.54, 1.807) is 20.3 Å². The number of nitrogens with one attached hydrogen (secondary N) is 1. The van der Waals surface area contributed by atoms with Crippen LogP contribution in [0.3, 0.4) is 0 Å². The molecule has 1 N–H and O–H groups in total. The molecule has 0 aromatic heterocycles. The van der Waals surface area contributed by atoms with E-state index >= 15 is 0 Å². The first-order valence-electron chi connectivity index (χ1n) is 5.50. The van der Waals surface area contributed by atoms with Gasteiger partial charge in [-0.25, -0.2) is 0 Å². The molecule has 1 saturated heterocycles. The molecular weight excluding hydrogens is 242 g/mol. The minimum atomic E-state index is -0.0258. The number of benzene rings is 1. The topological polar surface area (TPSA) is 39.7 Å². The van der Waals surface area contributed by atoms with Gasteiger partial charge in [-0.1, -0.05) is 11.6 Å². The van der Waals surface area contributed by atoms with Crippen LogP contribution < -0.4 is 14.8 Å². The van der Waals surface area contributed by atoms with Crippen molar-refractivity contribution in [3.8, 4) is 11.5 Å². The van der Waals surface area contributed by atoms with Gasteiger partial charge in [-0.05, 0) is 6.07 Å². The lowest BCUT2D eigenvalue weighted by Crippen LogP contribution is -2.33. The maximum absolute atomic E-state index is 6.12. The molecule has 0 radical (unpaired) electrons. The molecule has 1 atom stereocenters. The Labute approximate surface area is 106 Å². The van der Waals surface area contributed by atoms with Crippen molar-refractivity contribution in [1.29, 1.82) is 0 Å². The zero-order valence-corrected chi connectivity index (χ0v) is 10.7. The molecule has 4 nitrogen and oxygen atoms in total. The lowest BCUT2D eigenvalue weighted by molar-refractivity contribution is 0.0262. The van der Waals surface area contributed by atoms with E-state index in [1.165, 1.54) is 0 Å². The second-order valence-electron chi connectivity index (χ2n) is 3.79. The van der Waals surface area contributed by atoms with E-state index < -0.39 is 0 Å². The number of hydrogen-bond acceptors (Lipinski definition) is 4. The molecule has 1 unspecified atom stereocenters. The van der Waals surface area contributed by atoms with Crippen LogP contribution in [0.15, 0.2) is 12.1 Å². The van der Waals surface area contributed by atoms with Crippen LogP contribution in [-0.4, -0.2) is 33.9 Å². The first-order valence-corrected chi connectivity index (χ1v) is 5.87. The molecule has 0 aliphatic carbocycles. The molecule has 1 fully saturated rings. The fourth-order valence-corrected chi connectivity index (χ4v) is 2.15. The van der Waals surface area contributed by atoms with Gasteiger partial charge < -0.3 is 19.5 Å². The summed E-state index contributed by atoms with van der Waals surface area (Å²) < 4.78 is 16.2. The second kappa shape index (κ2) is 5.58. The third-order valence-electron chi connectivity index (χ3n) is 2.78. The van der Waals surface area contributed by atoms with Gasteiger partial charge in [0.15, 0.2) is 0 Å². The Balaban J connectivity index is 2.34. The first kappa shape index (κ1) is 12.5. The fraction of sp³-hybridized carbons (Fsp3) is 0.500. The van der Waals surface area contributed by atoms with Crippen LogP contribution in [0.1, 0.15) is 11.7 Å². The normalized spacial score (nSPS) is 20.1. The first-order chi connectivity index (χ1) is 8.26. The van der Waals surface area contributed by atoms with E-state index in [1.807, 2.05) is 6.07 Å². The van der Waals surface area contributed by atoms with Crippen molar-refractivity contribution in [3.63, 3.8) is 0 Å². The van der Waals surface area contributed by atoms with Gasteiger partial charge in [-0.3, -0.25) is 0 Å². The summed E-state index contributed by atoms with van der Waals surface area (Å²) in [4.78, 5) is 0. The van der Waals surface area contributed by atoms with E-state index in [-0.39, 0.29) is 6.10 Å². The van der Waals surface area contributed by atoms with E-state index in [0.29, 0.717) is 17.4 Å². The van der Waals surface area contributed by atoms with Crippen molar-refractivity contribution in [3.05, 3.63) is 22.7 Å². The average molecular weight is 258 g/mol. The van der Waals surface area contributed by atoms with Gasteiger partial charge >= 0.3 is 0 Å². The molecule has 0 amide bonds. The van der Waals surface area contributed by atoms with Crippen molar-refractivity contribution >= 4 is 11.6 Å². The summed E-state index contributed by atoms with van der Waals surface area (Å²) in [6, 6.07) is 3.63. The van der Waals surface area contributed by atoms with E-state index in [2.05, 4.69) is 5.32 Å². The fourth-order valence-electron chi connectivity index (χ4n) is 1.90. The summed E-state index contributed by atoms with van der Waals surface area (Å²) in [6.07, 6.45) is -0.0258. The minimum Gasteiger partial charge on any atom is -0.496 e. The smallest absolute Gasteiger partial charge is 0.141 e. The van der Waals surface area contributed by atoms with Crippen LogP contribution >= 0.6 is 11.6 Å². The van der Waals surface area contributed by atoms with Gasteiger partial charge in [0.25, 0.3) is 0 Å².